The topological polar surface area (TPSA) is 88.9 Å². The number of hydrogen-bond acceptors (Lipinski definition) is 7. The van der Waals surface area contributed by atoms with Crippen LogP contribution >= 0.6 is 0 Å². The third kappa shape index (κ3) is 8.83. The number of aromatic nitrogens is 2. The molecule has 262 valence electrons. The second-order valence-electron chi connectivity index (χ2n) is 11.8. The van der Waals surface area contributed by atoms with Crippen molar-refractivity contribution in [2.24, 2.45) is 0 Å². The third-order valence-corrected chi connectivity index (χ3v) is 8.54. The first-order chi connectivity index (χ1) is 23.6. The summed E-state index contributed by atoms with van der Waals surface area (Å²) in [7, 11) is 1.78. The Morgan fingerprint density at radius 2 is 1.82 bits per heavy atom. The Balaban J connectivity index is 1.59. The van der Waals surface area contributed by atoms with Crippen molar-refractivity contribution in [1.82, 2.24) is 24.7 Å². The van der Waals surface area contributed by atoms with E-state index in [0.29, 0.717) is 80.0 Å². The van der Waals surface area contributed by atoms with Crippen LogP contribution < -0.4 is 15.6 Å². The molecule has 1 N–H and O–H groups in total. The number of nitrogens with one attached hydrogen (secondary N) is 1. The average molecular weight is 684 g/mol. The van der Waals surface area contributed by atoms with Gasteiger partial charge in [-0.1, -0.05) is 18.2 Å². The number of benzene rings is 3. The minimum absolute atomic E-state index is 0.108. The van der Waals surface area contributed by atoms with Crippen molar-refractivity contribution in [3.8, 4) is 11.4 Å². The molecule has 4 aromatic rings. The summed E-state index contributed by atoms with van der Waals surface area (Å²) in [5, 5.41) is 3.53. The van der Waals surface area contributed by atoms with Gasteiger partial charge >= 0.3 is 6.18 Å². The molecule has 1 aliphatic heterocycles. The standard InChI is InChI=1S/C36H41F4N5O4/c1-3-49-27-12-10-26(11-13-27)45-34(42-31-8-5-4-7-28(31)35(45)47)32(15-16-41-2)44(18-6-17-43-19-21-48-22-20-43)33(46)24-25-9-14-29(30(37)23-25)36(38,39)40/h4-5,7-14,23,32,41H,3,6,15-22,24H2,1-2H3. The van der Waals surface area contributed by atoms with Crippen molar-refractivity contribution in [1.29, 1.82) is 0 Å². The van der Waals surface area contributed by atoms with E-state index in [1.807, 2.05) is 6.92 Å². The van der Waals surface area contributed by atoms with E-state index < -0.39 is 29.5 Å². The Morgan fingerprint density at radius 3 is 2.49 bits per heavy atom. The van der Waals surface area contributed by atoms with E-state index >= 15 is 0 Å². The van der Waals surface area contributed by atoms with Crippen LogP contribution in [-0.2, 0) is 22.1 Å². The number of morpholine rings is 1. The van der Waals surface area contributed by atoms with Crippen LogP contribution in [0.2, 0.25) is 0 Å². The minimum Gasteiger partial charge on any atom is -0.494 e. The largest absolute Gasteiger partial charge is 0.494 e. The van der Waals surface area contributed by atoms with Gasteiger partial charge in [-0.3, -0.25) is 19.1 Å². The molecular weight excluding hydrogens is 642 g/mol. The van der Waals surface area contributed by atoms with E-state index in [4.69, 9.17) is 14.5 Å². The molecule has 49 heavy (non-hydrogen) atoms. The van der Waals surface area contributed by atoms with Gasteiger partial charge in [0.25, 0.3) is 5.56 Å². The molecular formula is C36H41F4N5O4. The second kappa shape index (κ2) is 16.4. The van der Waals surface area contributed by atoms with Crippen molar-refractivity contribution in [3.05, 3.63) is 99.9 Å². The zero-order valence-corrected chi connectivity index (χ0v) is 27.6. The van der Waals surface area contributed by atoms with E-state index in [1.165, 1.54) is 4.57 Å². The summed E-state index contributed by atoms with van der Waals surface area (Å²) in [6.45, 7) is 6.48. The number of alkyl halides is 3. The first-order valence-electron chi connectivity index (χ1n) is 16.5. The highest BCUT2D eigenvalue weighted by Gasteiger charge is 2.35. The van der Waals surface area contributed by atoms with Crippen molar-refractivity contribution in [2.45, 2.75) is 38.4 Å². The molecule has 0 spiro atoms. The molecule has 2 heterocycles. The van der Waals surface area contributed by atoms with Gasteiger partial charge in [0.15, 0.2) is 0 Å². The number of hydrogen-bond donors (Lipinski definition) is 1. The number of halogens is 4. The average Bonchev–Trinajstić information content (AvgIpc) is 3.08. The molecule has 1 saturated heterocycles. The lowest BCUT2D eigenvalue weighted by molar-refractivity contribution is -0.140. The first-order valence-corrected chi connectivity index (χ1v) is 16.5. The Morgan fingerprint density at radius 1 is 1.08 bits per heavy atom. The Labute approximate surface area is 282 Å². The molecule has 1 amide bonds. The van der Waals surface area contributed by atoms with Crippen LogP contribution in [0.1, 0.15) is 42.8 Å². The number of ether oxygens (including phenoxy) is 2. The molecule has 1 aliphatic rings. The lowest BCUT2D eigenvalue weighted by atomic mass is 10.0. The summed E-state index contributed by atoms with van der Waals surface area (Å²) in [6.07, 6.45) is -4.26. The highest BCUT2D eigenvalue weighted by molar-refractivity contribution is 5.80. The molecule has 1 fully saturated rings. The fraction of sp³-hybridized carbons (Fsp3) is 0.417. The van der Waals surface area contributed by atoms with Crippen molar-refractivity contribution in [2.75, 3.05) is 59.6 Å². The molecule has 0 bridgehead atoms. The van der Waals surface area contributed by atoms with E-state index in [1.54, 1.807) is 60.5 Å². The number of carbonyl (C=O) groups excluding carboxylic acids is 1. The summed E-state index contributed by atoms with van der Waals surface area (Å²) in [4.78, 5) is 37.3. The predicted molar refractivity (Wildman–Crippen MR) is 178 cm³/mol. The summed E-state index contributed by atoms with van der Waals surface area (Å²) in [6, 6.07) is 15.9. The van der Waals surface area contributed by atoms with Crippen molar-refractivity contribution < 1.29 is 31.8 Å². The van der Waals surface area contributed by atoms with E-state index in [9.17, 15) is 27.2 Å². The van der Waals surface area contributed by atoms with Gasteiger partial charge in [0.1, 0.15) is 17.4 Å². The quantitative estimate of drug-likeness (QED) is 0.179. The maximum absolute atomic E-state index is 14.6. The van der Waals surface area contributed by atoms with Gasteiger partial charge in [-0.05, 0) is 87.5 Å². The van der Waals surface area contributed by atoms with E-state index in [0.717, 1.165) is 25.2 Å². The van der Waals surface area contributed by atoms with Crippen LogP contribution in [0.3, 0.4) is 0 Å². The van der Waals surface area contributed by atoms with Crippen LogP contribution in [0.4, 0.5) is 17.6 Å². The molecule has 0 saturated carbocycles. The van der Waals surface area contributed by atoms with Crippen molar-refractivity contribution in [3.63, 3.8) is 0 Å². The van der Waals surface area contributed by atoms with Crippen LogP contribution in [0, 0.1) is 5.82 Å². The van der Waals surface area contributed by atoms with Gasteiger partial charge in [0, 0.05) is 26.2 Å². The number of carbonyl (C=O) groups is 1. The smallest absolute Gasteiger partial charge is 0.419 e. The fourth-order valence-corrected chi connectivity index (χ4v) is 6.10. The molecule has 13 heteroatoms. The highest BCUT2D eigenvalue weighted by atomic mass is 19.4. The fourth-order valence-electron chi connectivity index (χ4n) is 6.10. The summed E-state index contributed by atoms with van der Waals surface area (Å²) < 4.78 is 67.0. The molecule has 1 atom stereocenters. The zero-order valence-electron chi connectivity index (χ0n) is 27.6. The van der Waals surface area contributed by atoms with Gasteiger partial charge in [-0.15, -0.1) is 0 Å². The molecule has 1 aromatic heterocycles. The van der Waals surface area contributed by atoms with Gasteiger partial charge in [0.2, 0.25) is 5.91 Å². The molecule has 5 rings (SSSR count). The second-order valence-corrected chi connectivity index (χ2v) is 11.8. The Kier molecular flexibility index (Phi) is 12.0. The maximum Gasteiger partial charge on any atom is 0.419 e. The van der Waals surface area contributed by atoms with Gasteiger partial charge in [-0.2, -0.15) is 13.2 Å². The van der Waals surface area contributed by atoms with E-state index in [2.05, 4.69) is 10.2 Å². The summed E-state index contributed by atoms with van der Waals surface area (Å²) in [5.41, 5.74) is -0.606. The lowest BCUT2D eigenvalue weighted by Crippen LogP contribution is -2.43. The predicted octanol–water partition coefficient (Wildman–Crippen LogP) is 5.39. The minimum atomic E-state index is -4.86. The van der Waals surface area contributed by atoms with Crippen LogP contribution in [0.25, 0.3) is 16.6 Å². The van der Waals surface area contributed by atoms with Gasteiger partial charge in [-0.25, -0.2) is 9.37 Å². The summed E-state index contributed by atoms with van der Waals surface area (Å²) >= 11 is 0. The molecule has 1 unspecified atom stereocenters. The van der Waals surface area contributed by atoms with Crippen LogP contribution in [0.15, 0.2) is 71.5 Å². The monoisotopic (exact) mass is 683 g/mol. The lowest BCUT2D eigenvalue weighted by Gasteiger charge is -2.34. The number of nitrogens with zero attached hydrogens (tertiary/aromatic N) is 4. The first kappa shape index (κ1) is 36.0. The van der Waals surface area contributed by atoms with E-state index in [-0.39, 0.29) is 24.1 Å². The van der Waals surface area contributed by atoms with Gasteiger partial charge in [0.05, 0.1) is 54.4 Å². The molecule has 0 aliphatic carbocycles. The SMILES string of the molecule is CCOc1ccc(-n2c(C(CCNC)N(CCCN3CCOCC3)C(=O)Cc3ccc(C(F)(F)F)c(F)c3)nc3ccccc3c2=O)cc1. The zero-order chi connectivity index (χ0) is 35.0. The molecule has 9 nitrogen and oxygen atoms in total. The van der Waals surface area contributed by atoms with Gasteiger partial charge < -0.3 is 19.7 Å². The van der Waals surface area contributed by atoms with Crippen molar-refractivity contribution >= 4 is 16.8 Å². The number of fused-ring (bicyclic) bond motifs is 1. The number of rotatable bonds is 14. The Bertz CT molecular complexity index is 1770. The number of amides is 1. The third-order valence-electron chi connectivity index (χ3n) is 8.54. The summed E-state index contributed by atoms with van der Waals surface area (Å²) in [5.74, 6) is -0.904. The molecule has 3 aromatic carbocycles. The normalized spacial score (nSPS) is 14.6. The Hall–Kier alpha value is -4.33. The number of para-hydroxylation sites is 1. The van der Waals surface area contributed by atoms with Crippen LogP contribution in [0.5, 0.6) is 5.75 Å². The molecule has 0 radical (unpaired) electrons. The highest BCUT2D eigenvalue weighted by Crippen LogP contribution is 2.32. The maximum atomic E-state index is 14.6. The van der Waals surface area contributed by atoms with Crippen LogP contribution in [-0.4, -0.2) is 84.9 Å².